The molecule has 408 valence electrons. The lowest BCUT2D eigenvalue weighted by Gasteiger charge is -2.31. The van der Waals surface area contributed by atoms with E-state index in [1.807, 2.05) is 24.3 Å². The number of benzene rings is 4. The number of hydrogen-bond acceptors (Lipinski definition) is 16. The van der Waals surface area contributed by atoms with Gasteiger partial charge >= 0.3 is 0 Å². The first-order chi connectivity index (χ1) is 35.1. The number of likely N-dealkylation sites (tertiary alicyclic amines) is 2. The van der Waals surface area contributed by atoms with Crippen LogP contribution in [0.4, 0.5) is 11.4 Å². The second-order valence-corrected chi connectivity index (χ2v) is 23.1. The number of carbonyl (C=O) groups is 2. The van der Waals surface area contributed by atoms with Gasteiger partial charge in [-0.2, -0.15) is 0 Å². The number of halogens is 2. The maximum absolute atomic E-state index is 13.2. The van der Waals surface area contributed by atoms with Crippen LogP contribution in [-0.2, 0) is 33.3 Å². The summed E-state index contributed by atoms with van der Waals surface area (Å²) < 4.78 is 83.3. The van der Waals surface area contributed by atoms with Crippen molar-refractivity contribution in [3.8, 4) is 34.5 Å². The lowest BCUT2D eigenvalue weighted by Crippen LogP contribution is -2.39. The summed E-state index contributed by atoms with van der Waals surface area (Å²) in [6.45, 7) is 6.12. The number of sulfonamides is 2. The van der Waals surface area contributed by atoms with Gasteiger partial charge in [-0.15, -0.1) is 0 Å². The van der Waals surface area contributed by atoms with Crippen molar-refractivity contribution in [2.75, 3.05) is 105 Å². The SMILES string of the molecule is COc1cc(COc2cc(N)c(Cl)cc2C(=O)CCC2CCN(CCNS(C)(=O)=O)CC2)cc(OC)c1.COc1cc(COc2cc(N)c(Cl)cc2C(=O)CCC2CCN(CCNS(C)(=O)=O)CC2)cc(OC)c1. The van der Waals surface area contributed by atoms with Crippen molar-refractivity contribution in [3.05, 3.63) is 93.0 Å². The molecule has 2 aliphatic heterocycles. The summed E-state index contributed by atoms with van der Waals surface area (Å²) in [6.07, 6.45) is 8.49. The Bertz CT molecular complexity index is 2510. The number of anilines is 2. The lowest BCUT2D eigenvalue weighted by atomic mass is 9.90. The van der Waals surface area contributed by atoms with Crippen LogP contribution in [0.1, 0.15) is 83.2 Å². The number of nitrogens with one attached hydrogen (secondary N) is 2. The van der Waals surface area contributed by atoms with Crippen LogP contribution in [0.2, 0.25) is 10.0 Å². The van der Waals surface area contributed by atoms with Gasteiger partial charge in [-0.1, -0.05) is 23.2 Å². The molecule has 0 unspecified atom stereocenters. The summed E-state index contributed by atoms with van der Waals surface area (Å²) in [5.74, 6) is 4.13. The molecule has 0 radical (unpaired) electrons. The topological polar surface area (TPSA) is 240 Å². The van der Waals surface area contributed by atoms with Crippen LogP contribution in [0.3, 0.4) is 0 Å². The number of methoxy groups -OCH3 is 4. The van der Waals surface area contributed by atoms with E-state index < -0.39 is 20.0 Å². The molecule has 2 saturated heterocycles. The number of hydrogen-bond donors (Lipinski definition) is 4. The number of piperidine rings is 2. The molecule has 6 N–H and O–H groups in total. The monoisotopic (exact) mass is 1110 g/mol. The molecule has 0 amide bonds. The van der Waals surface area contributed by atoms with E-state index in [1.165, 1.54) is 0 Å². The van der Waals surface area contributed by atoms with Crippen molar-refractivity contribution in [1.29, 1.82) is 0 Å². The Hall–Kier alpha value is -5.06. The zero-order valence-electron chi connectivity index (χ0n) is 43.2. The third kappa shape index (κ3) is 19.9. The maximum atomic E-state index is 13.2. The van der Waals surface area contributed by atoms with Crippen LogP contribution < -0.4 is 49.3 Å². The predicted octanol–water partition coefficient (Wildman–Crippen LogP) is 7.49. The maximum Gasteiger partial charge on any atom is 0.208 e. The molecule has 0 atom stereocenters. The zero-order valence-corrected chi connectivity index (χ0v) is 46.3. The largest absolute Gasteiger partial charge is 0.497 e. The molecule has 22 heteroatoms. The molecule has 0 aliphatic carbocycles. The number of Topliss-reactive ketones (excluding diaryl/α,β-unsaturated/α-hetero) is 2. The van der Waals surface area contributed by atoms with E-state index in [9.17, 15) is 26.4 Å². The number of nitrogens with zero attached hydrogens (tertiary/aromatic N) is 2. The third-order valence-corrected chi connectivity index (χ3v) is 15.1. The molecule has 18 nitrogen and oxygen atoms in total. The zero-order chi connectivity index (χ0) is 54.0. The minimum atomic E-state index is -3.17. The second-order valence-electron chi connectivity index (χ2n) is 18.6. The molecule has 0 bridgehead atoms. The van der Waals surface area contributed by atoms with E-state index in [0.29, 0.717) is 118 Å². The smallest absolute Gasteiger partial charge is 0.208 e. The molecular formula is C52H72Cl2N6O12S2. The van der Waals surface area contributed by atoms with Gasteiger partial charge < -0.3 is 49.7 Å². The highest BCUT2D eigenvalue weighted by atomic mass is 35.5. The summed E-state index contributed by atoms with van der Waals surface area (Å²) in [5.41, 5.74) is 15.2. The minimum absolute atomic E-state index is 0.0418. The van der Waals surface area contributed by atoms with Crippen LogP contribution >= 0.6 is 23.2 Å². The Kier molecular flexibility index (Phi) is 23.2. The van der Waals surface area contributed by atoms with Crippen LogP contribution in [0, 0.1) is 11.8 Å². The molecule has 2 heterocycles. The Morgan fingerprint density at radius 1 is 0.554 bits per heavy atom. The van der Waals surface area contributed by atoms with Gasteiger partial charge in [0, 0.05) is 63.3 Å². The summed E-state index contributed by atoms with van der Waals surface area (Å²) >= 11 is 12.5. The third-order valence-electron chi connectivity index (χ3n) is 13.0. The van der Waals surface area contributed by atoms with Gasteiger partial charge in [-0.25, -0.2) is 26.3 Å². The number of rotatable bonds is 26. The normalized spacial score (nSPS) is 14.9. The second kappa shape index (κ2) is 28.7. The Morgan fingerprint density at radius 3 is 1.18 bits per heavy atom. The molecule has 74 heavy (non-hydrogen) atoms. The van der Waals surface area contributed by atoms with Gasteiger partial charge in [-0.05, 0) is 124 Å². The summed E-state index contributed by atoms with van der Waals surface area (Å²) in [4.78, 5) is 30.9. The van der Waals surface area contributed by atoms with E-state index in [0.717, 1.165) is 88.3 Å². The quantitative estimate of drug-likeness (QED) is 0.0352. The van der Waals surface area contributed by atoms with Crippen molar-refractivity contribution in [1.82, 2.24) is 19.2 Å². The fourth-order valence-corrected chi connectivity index (χ4v) is 10.0. The Balaban J connectivity index is 0.000000274. The van der Waals surface area contributed by atoms with Crippen molar-refractivity contribution in [2.24, 2.45) is 11.8 Å². The van der Waals surface area contributed by atoms with Gasteiger partial charge in [0.15, 0.2) is 11.6 Å². The average molecular weight is 1110 g/mol. The molecule has 4 aromatic carbocycles. The lowest BCUT2D eigenvalue weighted by molar-refractivity contribution is 0.0950. The number of carbonyl (C=O) groups excluding carboxylic acids is 2. The molecule has 2 fully saturated rings. The van der Waals surface area contributed by atoms with Crippen molar-refractivity contribution < 1.29 is 54.8 Å². The minimum Gasteiger partial charge on any atom is -0.497 e. The van der Waals surface area contributed by atoms with Crippen LogP contribution in [0.15, 0.2) is 60.7 Å². The van der Waals surface area contributed by atoms with Crippen LogP contribution in [0.5, 0.6) is 34.5 Å². The van der Waals surface area contributed by atoms with E-state index in [2.05, 4.69) is 19.2 Å². The molecule has 0 aromatic heterocycles. The number of ketones is 2. The van der Waals surface area contributed by atoms with E-state index in [-0.39, 0.29) is 24.8 Å². The first-order valence-electron chi connectivity index (χ1n) is 24.4. The number of nitrogen functional groups attached to an aromatic ring is 2. The highest BCUT2D eigenvalue weighted by Gasteiger charge is 2.24. The van der Waals surface area contributed by atoms with Crippen molar-refractivity contribution in [3.63, 3.8) is 0 Å². The van der Waals surface area contributed by atoms with Crippen molar-refractivity contribution >= 4 is 66.2 Å². The van der Waals surface area contributed by atoms with Gasteiger partial charge in [-0.3, -0.25) is 9.59 Å². The van der Waals surface area contributed by atoms with Gasteiger partial charge in [0.05, 0.1) is 73.5 Å². The molecule has 0 saturated carbocycles. The van der Waals surface area contributed by atoms with E-state index >= 15 is 0 Å². The molecule has 2 aliphatic rings. The van der Waals surface area contributed by atoms with Gasteiger partial charge in [0.1, 0.15) is 47.7 Å². The van der Waals surface area contributed by atoms with E-state index in [4.69, 9.17) is 63.1 Å². The number of ether oxygens (including phenoxy) is 6. The Morgan fingerprint density at radius 2 is 0.878 bits per heavy atom. The summed E-state index contributed by atoms with van der Waals surface area (Å²) in [7, 11) is -0.0198. The molecule has 0 spiro atoms. The molecule has 6 rings (SSSR count). The highest BCUT2D eigenvalue weighted by molar-refractivity contribution is 7.89. The Labute approximate surface area is 446 Å². The first kappa shape index (κ1) is 59.8. The first-order valence-corrected chi connectivity index (χ1v) is 29.0. The van der Waals surface area contributed by atoms with E-state index in [1.54, 1.807) is 64.8 Å². The van der Waals surface area contributed by atoms with Crippen LogP contribution in [-0.4, -0.2) is 132 Å². The molecule has 4 aromatic rings. The number of nitrogens with two attached hydrogens (primary N) is 2. The van der Waals surface area contributed by atoms with Gasteiger partial charge in [0.25, 0.3) is 0 Å². The van der Waals surface area contributed by atoms with Gasteiger partial charge in [0.2, 0.25) is 20.0 Å². The fourth-order valence-electron chi connectivity index (χ4n) is 8.75. The summed E-state index contributed by atoms with van der Waals surface area (Å²) in [6, 6.07) is 17.3. The predicted molar refractivity (Wildman–Crippen MR) is 291 cm³/mol. The molecular weight excluding hydrogens is 1040 g/mol. The standard InChI is InChI=1S/2C26H36ClN3O6S/c2*1-34-20-12-19(13-21(14-20)35-2)17-36-26-16-24(28)23(27)15-22(26)25(31)5-4-18-6-9-30(10-7-18)11-8-29-37(3,32)33/h2*12-16,18,29H,4-11,17,28H2,1-3H3. The summed E-state index contributed by atoms with van der Waals surface area (Å²) in [5, 5.41) is 0.629. The highest BCUT2D eigenvalue weighted by Crippen LogP contribution is 2.35. The van der Waals surface area contributed by atoms with Crippen molar-refractivity contribution in [2.45, 2.75) is 64.6 Å². The van der Waals surface area contributed by atoms with Crippen LogP contribution in [0.25, 0.3) is 0 Å². The average Bonchev–Trinajstić information content (AvgIpc) is 3.37. The fraction of sp³-hybridized carbons (Fsp3) is 0.500.